The Bertz CT molecular complexity index is 407. The summed E-state index contributed by atoms with van der Waals surface area (Å²) in [5.74, 6) is 0.687. The van der Waals surface area contributed by atoms with E-state index < -0.39 is 0 Å². The maximum absolute atomic E-state index is 11.6. The van der Waals surface area contributed by atoms with Gasteiger partial charge in [0.2, 0.25) is 5.91 Å². The molecule has 0 saturated carbocycles. The summed E-state index contributed by atoms with van der Waals surface area (Å²) < 4.78 is 5.46. The van der Waals surface area contributed by atoms with Crippen LogP contribution in [0.2, 0.25) is 0 Å². The number of anilines is 1. The lowest BCUT2D eigenvalue weighted by Crippen LogP contribution is -2.38. The molecule has 0 saturated heterocycles. The number of nitrogens with zero attached hydrogens (tertiary/aromatic N) is 1. The van der Waals surface area contributed by atoms with Crippen molar-refractivity contribution in [1.82, 2.24) is 10.2 Å². The van der Waals surface area contributed by atoms with Gasteiger partial charge >= 0.3 is 0 Å². The Morgan fingerprint density at radius 3 is 2.84 bits per heavy atom. The van der Waals surface area contributed by atoms with Crippen LogP contribution in [0.15, 0.2) is 24.3 Å². The summed E-state index contributed by atoms with van der Waals surface area (Å²) in [6, 6.07) is 7.50. The summed E-state index contributed by atoms with van der Waals surface area (Å²) in [5, 5.41) is 2.88. The van der Waals surface area contributed by atoms with Crippen LogP contribution >= 0.6 is 0 Å². The van der Waals surface area contributed by atoms with Gasteiger partial charge in [0.1, 0.15) is 5.75 Å². The molecule has 0 aliphatic carbocycles. The number of carbonyl (C=O) groups excluding carboxylic acids is 1. The number of nitrogens with one attached hydrogen (secondary N) is 1. The molecule has 3 N–H and O–H groups in total. The number of hydrogen-bond donors (Lipinski definition) is 2. The fraction of sp³-hybridized carbons (Fsp3) is 0.500. The molecular formula is C14H23N3O2. The number of ether oxygens (including phenoxy) is 1. The topological polar surface area (TPSA) is 67.6 Å². The highest BCUT2D eigenvalue weighted by atomic mass is 16.5. The first-order chi connectivity index (χ1) is 8.99. The highest BCUT2D eigenvalue weighted by Crippen LogP contribution is 2.14. The fourth-order valence-electron chi connectivity index (χ4n) is 1.40. The first-order valence-corrected chi connectivity index (χ1v) is 6.40. The largest absolute Gasteiger partial charge is 0.493 e. The SMILES string of the molecule is CC(CNC(=O)CCOc1cccc(N)c1)N(C)C. The van der Waals surface area contributed by atoms with E-state index in [1.54, 1.807) is 12.1 Å². The van der Waals surface area contributed by atoms with Crippen molar-refractivity contribution in [3.63, 3.8) is 0 Å². The predicted octanol–water partition coefficient (Wildman–Crippen LogP) is 1.10. The van der Waals surface area contributed by atoms with E-state index in [0.717, 1.165) is 0 Å². The smallest absolute Gasteiger partial charge is 0.223 e. The zero-order valence-electron chi connectivity index (χ0n) is 11.8. The molecule has 106 valence electrons. The molecule has 0 heterocycles. The molecule has 0 aliphatic rings. The monoisotopic (exact) mass is 265 g/mol. The molecule has 1 rings (SSSR count). The lowest BCUT2D eigenvalue weighted by Gasteiger charge is -2.19. The zero-order chi connectivity index (χ0) is 14.3. The minimum absolute atomic E-state index is 0.00222. The molecule has 0 aromatic heterocycles. The van der Waals surface area contributed by atoms with Crippen LogP contribution in [-0.4, -0.2) is 44.1 Å². The molecule has 5 nitrogen and oxygen atoms in total. The standard InChI is InChI=1S/C14H23N3O2/c1-11(17(2)3)10-16-14(18)7-8-19-13-6-4-5-12(15)9-13/h4-6,9,11H,7-8,10,15H2,1-3H3,(H,16,18). The van der Waals surface area contributed by atoms with Crippen LogP contribution in [-0.2, 0) is 4.79 Å². The molecule has 5 heteroatoms. The van der Waals surface area contributed by atoms with Crippen molar-refractivity contribution in [2.75, 3.05) is 33.0 Å². The van der Waals surface area contributed by atoms with Gasteiger partial charge in [0.25, 0.3) is 0 Å². The second-order valence-electron chi connectivity index (χ2n) is 4.79. The number of amides is 1. The van der Waals surface area contributed by atoms with Crippen LogP contribution in [0.4, 0.5) is 5.69 Å². The average Bonchev–Trinajstić information content (AvgIpc) is 2.36. The first-order valence-electron chi connectivity index (χ1n) is 6.40. The quantitative estimate of drug-likeness (QED) is 0.725. The van der Waals surface area contributed by atoms with Crippen LogP contribution in [0, 0.1) is 0 Å². The lowest BCUT2D eigenvalue weighted by molar-refractivity contribution is -0.121. The lowest BCUT2D eigenvalue weighted by atomic mass is 10.3. The number of likely N-dealkylation sites (N-methyl/N-ethyl adjacent to an activating group) is 1. The van der Waals surface area contributed by atoms with Gasteiger partial charge in [-0.3, -0.25) is 4.79 Å². The summed E-state index contributed by atoms with van der Waals surface area (Å²) >= 11 is 0. The Morgan fingerprint density at radius 1 is 1.47 bits per heavy atom. The van der Waals surface area contributed by atoms with Gasteiger partial charge in [-0.25, -0.2) is 0 Å². The third kappa shape index (κ3) is 6.10. The molecule has 0 aliphatic heterocycles. The number of rotatable bonds is 7. The Morgan fingerprint density at radius 2 is 2.21 bits per heavy atom. The third-order valence-electron chi connectivity index (χ3n) is 2.93. The molecule has 1 aromatic carbocycles. The maximum Gasteiger partial charge on any atom is 0.223 e. The summed E-state index contributed by atoms with van der Waals surface area (Å²) in [7, 11) is 3.97. The van der Waals surface area contributed by atoms with Gasteiger partial charge in [0.15, 0.2) is 0 Å². The van der Waals surface area contributed by atoms with Crippen LogP contribution in [0.3, 0.4) is 0 Å². The van der Waals surface area contributed by atoms with Gasteiger partial charge in [-0.05, 0) is 33.2 Å². The summed E-state index contributed by atoms with van der Waals surface area (Å²) in [6.45, 7) is 3.05. The number of hydrogen-bond acceptors (Lipinski definition) is 4. The molecule has 1 amide bonds. The zero-order valence-corrected chi connectivity index (χ0v) is 11.8. The minimum Gasteiger partial charge on any atom is -0.493 e. The summed E-state index contributed by atoms with van der Waals surface area (Å²) in [6.07, 6.45) is 0.342. The van der Waals surface area contributed by atoms with Gasteiger partial charge in [-0.1, -0.05) is 6.07 Å². The molecule has 1 aromatic rings. The predicted molar refractivity (Wildman–Crippen MR) is 77.1 cm³/mol. The Kier molecular flexibility index (Phi) is 6.15. The summed E-state index contributed by atoms with van der Waals surface area (Å²) in [5.41, 5.74) is 6.29. The first kappa shape index (κ1) is 15.3. The number of carbonyl (C=O) groups is 1. The highest BCUT2D eigenvalue weighted by Gasteiger charge is 2.07. The second-order valence-corrected chi connectivity index (χ2v) is 4.79. The van der Waals surface area contributed by atoms with Gasteiger partial charge in [-0.2, -0.15) is 0 Å². The van der Waals surface area contributed by atoms with E-state index in [-0.39, 0.29) is 5.91 Å². The number of benzene rings is 1. The summed E-state index contributed by atoms with van der Waals surface area (Å²) in [4.78, 5) is 13.7. The van der Waals surface area contributed by atoms with E-state index in [0.29, 0.717) is 37.1 Å². The molecule has 0 spiro atoms. The van der Waals surface area contributed by atoms with Crippen LogP contribution in [0.5, 0.6) is 5.75 Å². The molecule has 0 bridgehead atoms. The van der Waals surface area contributed by atoms with Crippen molar-refractivity contribution in [2.45, 2.75) is 19.4 Å². The van der Waals surface area contributed by atoms with Crippen molar-refractivity contribution in [1.29, 1.82) is 0 Å². The molecule has 0 fully saturated rings. The van der Waals surface area contributed by atoms with E-state index in [4.69, 9.17) is 10.5 Å². The van der Waals surface area contributed by atoms with Crippen LogP contribution in [0.1, 0.15) is 13.3 Å². The number of nitrogens with two attached hydrogens (primary N) is 1. The maximum atomic E-state index is 11.6. The van der Waals surface area contributed by atoms with Gasteiger partial charge in [-0.15, -0.1) is 0 Å². The Hall–Kier alpha value is -1.75. The normalized spacial score (nSPS) is 12.2. The van der Waals surface area contributed by atoms with Crippen LogP contribution in [0.25, 0.3) is 0 Å². The van der Waals surface area contributed by atoms with Gasteiger partial charge < -0.3 is 20.7 Å². The van der Waals surface area contributed by atoms with E-state index >= 15 is 0 Å². The van der Waals surface area contributed by atoms with Crippen molar-refractivity contribution in [3.05, 3.63) is 24.3 Å². The molecule has 0 radical (unpaired) electrons. The van der Waals surface area contributed by atoms with Crippen molar-refractivity contribution >= 4 is 11.6 Å². The Balaban J connectivity index is 2.20. The second kappa shape index (κ2) is 7.63. The van der Waals surface area contributed by atoms with Crippen molar-refractivity contribution in [3.8, 4) is 5.75 Å². The van der Waals surface area contributed by atoms with Crippen LogP contribution < -0.4 is 15.8 Å². The average molecular weight is 265 g/mol. The van der Waals surface area contributed by atoms with Gasteiger partial charge in [0.05, 0.1) is 13.0 Å². The van der Waals surface area contributed by atoms with Crippen molar-refractivity contribution < 1.29 is 9.53 Å². The molecular weight excluding hydrogens is 242 g/mol. The third-order valence-corrected chi connectivity index (χ3v) is 2.93. The van der Waals surface area contributed by atoms with Crippen molar-refractivity contribution in [2.24, 2.45) is 0 Å². The number of nitrogen functional groups attached to an aromatic ring is 1. The highest BCUT2D eigenvalue weighted by molar-refractivity contribution is 5.76. The molecule has 1 unspecified atom stereocenters. The van der Waals surface area contributed by atoms with E-state index in [1.807, 2.05) is 26.2 Å². The molecule has 19 heavy (non-hydrogen) atoms. The molecule has 1 atom stereocenters. The minimum atomic E-state index is -0.00222. The van der Waals surface area contributed by atoms with Gasteiger partial charge in [0, 0.05) is 24.3 Å². The fourth-order valence-corrected chi connectivity index (χ4v) is 1.40. The van der Waals surface area contributed by atoms with E-state index in [9.17, 15) is 4.79 Å². The Labute approximate surface area is 114 Å². The van der Waals surface area contributed by atoms with E-state index in [2.05, 4.69) is 17.1 Å². The van der Waals surface area contributed by atoms with E-state index in [1.165, 1.54) is 0 Å².